The Morgan fingerprint density at radius 1 is 1.42 bits per heavy atom. The molecule has 1 N–H and O–H groups in total. The maximum Gasteiger partial charge on any atom is 0.252 e. The van der Waals surface area contributed by atoms with Crippen LogP contribution in [0.2, 0.25) is 0 Å². The fraction of sp³-hybridized carbons (Fsp3) is 0.533. The van der Waals surface area contributed by atoms with Gasteiger partial charge in [0.2, 0.25) is 0 Å². The number of aryl methyl sites for hydroxylation is 1. The predicted molar refractivity (Wildman–Crippen MR) is 86.5 cm³/mol. The lowest BCUT2D eigenvalue weighted by molar-refractivity contribution is 0.0805. The van der Waals surface area contributed by atoms with Crippen LogP contribution in [0.15, 0.2) is 18.2 Å². The maximum absolute atomic E-state index is 12.3. The van der Waals surface area contributed by atoms with Gasteiger partial charge in [-0.3, -0.25) is 4.79 Å². The van der Waals surface area contributed by atoms with Crippen LogP contribution in [0.25, 0.3) is 0 Å². The van der Waals surface area contributed by atoms with E-state index in [2.05, 4.69) is 41.8 Å². The Labute approximate surface area is 129 Å². The highest BCUT2D eigenvalue weighted by molar-refractivity contribution is 14.1. The lowest BCUT2D eigenvalue weighted by atomic mass is 10.0. The van der Waals surface area contributed by atoms with Crippen molar-refractivity contribution in [3.8, 4) is 0 Å². The van der Waals surface area contributed by atoms with Gasteiger partial charge in [0.1, 0.15) is 0 Å². The van der Waals surface area contributed by atoms with Crippen molar-refractivity contribution in [3.63, 3.8) is 0 Å². The minimum atomic E-state index is -0.0218. The van der Waals surface area contributed by atoms with Crippen molar-refractivity contribution in [2.45, 2.75) is 33.7 Å². The molecule has 0 radical (unpaired) electrons. The van der Waals surface area contributed by atoms with Crippen molar-refractivity contribution in [2.75, 3.05) is 13.2 Å². The highest BCUT2D eigenvalue weighted by atomic mass is 127. The molecule has 0 aliphatic rings. The molecule has 0 spiro atoms. The second-order valence-electron chi connectivity index (χ2n) is 4.92. The number of amides is 1. The number of hydrogen-bond donors (Lipinski definition) is 1. The molecule has 0 bridgehead atoms. The summed E-state index contributed by atoms with van der Waals surface area (Å²) < 4.78 is 6.44. The SMILES string of the molecule is CCOCC(NC(=O)c1cccc(C)c1I)C(C)C. The summed E-state index contributed by atoms with van der Waals surface area (Å²) in [7, 11) is 0. The van der Waals surface area contributed by atoms with E-state index in [1.54, 1.807) is 0 Å². The molecular weight excluding hydrogens is 353 g/mol. The normalized spacial score (nSPS) is 12.5. The molecule has 3 nitrogen and oxygen atoms in total. The van der Waals surface area contributed by atoms with Gasteiger partial charge in [0.25, 0.3) is 5.91 Å². The molecule has 0 heterocycles. The zero-order valence-electron chi connectivity index (χ0n) is 12.0. The monoisotopic (exact) mass is 375 g/mol. The third-order valence-corrected chi connectivity index (χ3v) is 4.49. The average Bonchev–Trinajstić information content (AvgIpc) is 2.37. The van der Waals surface area contributed by atoms with Gasteiger partial charge in [0.15, 0.2) is 0 Å². The molecule has 4 heteroatoms. The summed E-state index contributed by atoms with van der Waals surface area (Å²) in [6, 6.07) is 5.84. The van der Waals surface area contributed by atoms with Crippen LogP contribution in [0, 0.1) is 16.4 Å². The van der Waals surface area contributed by atoms with Crippen molar-refractivity contribution in [3.05, 3.63) is 32.9 Å². The van der Waals surface area contributed by atoms with Gasteiger partial charge in [0.05, 0.1) is 18.2 Å². The van der Waals surface area contributed by atoms with Crippen LogP contribution < -0.4 is 5.32 Å². The second kappa shape index (κ2) is 7.85. The van der Waals surface area contributed by atoms with Crippen LogP contribution in [0.3, 0.4) is 0 Å². The fourth-order valence-corrected chi connectivity index (χ4v) is 2.32. The first kappa shape index (κ1) is 16.4. The highest BCUT2D eigenvalue weighted by Crippen LogP contribution is 2.17. The summed E-state index contributed by atoms with van der Waals surface area (Å²) in [6.45, 7) is 9.38. The van der Waals surface area contributed by atoms with E-state index in [0.717, 1.165) is 14.7 Å². The quantitative estimate of drug-likeness (QED) is 0.775. The lowest BCUT2D eigenvalue weighted by Gasteiger charge is -2.22. The van der Waals surface area contributed by atoms with Gasteiger partial charge in [-0.05, 0) is 54.0 Å². The average molecular weight is 375 g/mol. The van der Waals surface area contributed by atoms with Gasteiger partial charge in [-0.2, -0.15) is 0 Å². The Morgan fingerprint density at radius 2 is 2.11 bits per heavy atom. The first-order valence-electron chi connectivity index (χ1n) is 6.61. The number of rotatable bonds is 6. The largest absolute Gasteiger partial charge is 0.380 e. The maximum atomic E-state index is 12.3. The van der Waals surface area contributed by atoms with Gasteiger partial charge in [0, 0.05) is 10.2 Å². The first-order valence-corrected chi connectivity index (χ1v) is 7.69. The lowest BCUT2D eigenvalue weighted by Crippen LogP contribution is -2.42. The van der Waals surface area contributed by atoms with Crippen molar-refractivity contribution < 1.29 is 9.53 Å². The van der Waals surface area contributed by atoms with Gasteiger partial charge in [-0.25, -0.2) is 0 Å². The summed E-state index contributed by atoms with van der Waals surface area (Å²) in [5.41, 5.74) is 1.86. The number of ether oxygens (including phenoxy) is 1. The van der Waals surface area contributed by atoms with E-state index >= 15 is 0 Å². The minimum Gasteiger partial charge on any atom is -0.380 e. The number of hydrogen-bond acceptors (Lipinski definition) is 2. The molecule has 0 saturated heterocycles. The van der Waals surface area contributed by atoms with Crippen molar-refractivity contribution in [1.82, 2.24) is 5.32 Å². The third kappa shape index (κ3) is 4.76. The Balaban J connectivity index is 2.79. The number of nitrogens with one attached hydrogen (secondary N) is 1. The van der Waals surface area contributed by atoms with Crippen LogP contribution in [0.5, 0.6) is 0 Å². The Hall–Kier alpha value is -0.620. The standard InChI is InChI=1S/C15H22INO2/c1-5-19-9-13(10(2)3)17-15(18)12-8-6-7-11(4)14(12)16/h6-8,10,13H,5,9H2,1-4H3,(H,17,18). The Bertz CT molecular complexity index is 432. The van der Waals surface area contributed by atoms with Gasteiger partial charge >= 0.3 is 0 Å². The topological polar surface area (TPSA) is 38.3 Å². The van der Waals surface area contributed by atoms with Gasteiger partial charge in [-0.15, -0.1) is 0 Å². The molecule has 0 aliphatic heterocycles. The van der Waals surface area contributed by atoms with Crippen molar-refractivity contribution in [2.24, 2.45) is 5.92 Å². The molecule has 1 aromatic rings. The highest BCUT2D eigenvalue weighted by Gasteiger charge is 2.19. The molecule has 0 aliphatic carbocycles. The van der Waals surface area contributed by atoms with Crippen LogP contribution in [-0.4, -0.2) is 25.2 Å². The Kier molecular flexibility index (Phi) is 6.79. The fourth-order valence-electron chi connectivity index (χ4n) is 1.71. The number of benzene rings is 1. The summed E-state index contributed by atoms with van der Waals surface area (Å²) in [4.78, 5) is 12.3. The predicted octanol–water partition coefficient (Wildman–Crippen LogP) is 3.39. The second-order valence-corrected chi connectivity index (χ2v) is 6.00. The molecule has 1 rings (SSSR count). The summed E-state index contributed by atoms with van der Waals surface area (Å²) in [6.07, 6.45) is 0. The van der Waals surface area contributed by atoms with E-state index in [0.29, 0.717) is 19.1 Å². The molecule has 0 saturated carbocycles. The molecular formula is C15H22INO2. The zero-order valence-corrected chi connectivity index (χ0v) is 14.2. The van der Waals surface area contributed by atoms with E-state index in [-0.39, 0.29) is 11.9 Å². The molecule has 19 heavy (non-hydrogen) atoms. The van der Waals surface area contributed by atoms with Crippen LogP contribution in [0.1, 0.15) is 36.7 Å². The zero-order chi connectivity index (χ0) is 14.4. The minimum absolute atomic E-state index is 0.0218. The number of carbonyl (C=O) groups excluding carboxylic acids is 1. The third-order valence-electron chi connectivity index (χ3n) is 3.06. The van der Waals surface area contributed by atoms with Crippen LogP contribution in [0.4, 0.5) is 0 Å². The molecule has 1 unspecified atom stereocenters. The molecule has 1 atom stereocenters. The van der Waals surface area contributed by atoms with E-state index in [4.69, 9.17) is 4.74 Å². The molecule has 1 aromatic carbocycles. The molecule has 0 aromatic heterocycles. The molecule has 1 amide bonds. The van der Waals surface area contributed by atoms with Gasteiger partial charge < -0.3 is 10.1 Å². The summed E-state index contributed by atoms with van der Waals surface area (Å²) in [5, 5.41) is 3.07. The number of halogens is 1. The van der Waals surface area contributed by atoms with Gasteiger partial charge in [-0.1, -0.05) is 26.0 Å². The number of carbonyl (C=O) groups is 1. The van der Waals surface area contributed by atoms with Crippen LogP contribution in [-0.2, 0) is 4.74 Å². The van der Waals surface area contributed by atoms with Crippen LogP contribution >= 0.6 is 22.6 Å². The van der Waals surface area contributed by atoms with Crippen molar-refractivity contribution in [1.29, 1.82) is 0 Å². The molecule has 0 fully saturated rings. The smallest absolute Gasteiger partial charge is 0.252 e. The summed E-state index contributed by atoms with van der Waals surface area (Å²) >= 11 is 2.22. The van der Waals surface area contributed by atoms with E-state index in [1.165, 1.54) is 0 Å². The van der Waals surface area contributed by atoms with E-state index in [1.807, 2.05) is 32.0 Å². The van der Waals surface area contributed by atoms with E-state index in [9.17, 15) is 4.79 Å². The molecule has 106 valence electrons. The van der Waals surface area contributed by atoms with E-state index < -0.39 is 0 Å². The Morgan fingerprint density at radius 3 is 2.68 bits per heavy atom. The summed E-state index contributed by atoms with van der Waals surface area (Å²) in [5.74, 6) is 0.324. The van der Waals surface area contributed by atoms with Crippen molar-refractivity contribution >= 4 is 28.5 Å². The first-order chi connectivity index (χ1) is 8.97.